The molecule has 1 fully saturated rings. The van der Waals surface area contributed by atoms with Gasteiger partial charge in [-0.25, -0.2) is 0 Å². The minimum absolute atomic E-state index is 0.0601. The van der Waals surface area contributed by atoms with Crippen LogP contribution in [0.15, 0.2) is 60.7 Å². The van der Waals surface area contributed by atoms with Crippen molar-refractivity contribution in [2.45, 2.75) is 25.0 Å². The second-order valence-electron chi connectivity index (χ2n) is 5.95. The Morgan fingerprint density at radius 3 is 1.86 bits per heavy atom. The van der Waals surface area contributed by atoms with E-state index in [0.29, 0.717) is 0 Å². The predicted octanol–water partition coefficient (Wildman–Crippen LogP) is 2.96. The molecule has 2 aromatic carbocycles. The van der Waals surface area contributed by atoms with Crippen molar-refractivity contribution in [3.05, 3.63) is 71.8 Å². The molecule has 2 atom stereocenters. The lowest BCUT2D eigenvalue weighted by Crippen LogP contribution is -2.37. The van der Waals surface area contributed by atoms with Crippen LogP contribution in [-0.4, -0.2) is 22.2 Å². The van der Waals surface area contributed by atoms with Crippen LogP contribution in [0, 0.1) is 17.2 Å². The van der Waals surface area contributed by atoms with E-state index < -0.39 is 5.54 Å². The van der Waals surface area contributed by atoms with Crippen molar-refractivity contribution in [2.24, 2.45) is 5.92 Å². The molecule has 0 spiro atoms. The molecule has 1 aliphatic rings. The number of rotatable bonds is 6. The SMILES string of the molecule is N#C[C@@]1(N(Cc2ccccc2)Cc2ccccc2)C[C@@H]1CO. The number of nitrogens with zero attached hydrogens (tertiary/aromatic N) is 2. The third-order valence-corrected chi connectivity index (χ3v) is 4.48. The van der Waals surface area contributed by atoms with E-state index in [0.717, 1.165) is 19.5 Å². The van der Waals surface area contributed by atoms with Crippen molar-refractivity contribution in [1.82, 2.24) is 4.90 Å². The van der Waals surface area contributed by atoms with E-state index in [9.17, 15) is 10.4 Å². The number of hydrogen-bond donors (Lipinski definition) is 1. The van der Waals surface area contributed by atoms with Crippen LogP contribution in [0.1, 0.15) is 17.5 Å². The first-order valence-corrected chi connectivity index (χ1v) is 7.63. The Morgan fingerprint density at radius 2 is 1.50 bits per heavy atom. The van der Waals surface area contributed by atoms with E-state index >= 15 is 0 Å². The molecule has 0 aromatic heterocycles. The van der Waals surface area contributed by atoms with Crippen molar-refractivity contribution in [2.75, 3.05) is 6.61 Å². The summed E-state index contributed by atoms with van der Waals surface area (Å²) in [5, 5.41) is 19.2. The molecule has 0 heterocycles. The molecule has 0 bridgehead atoms. The molecular formula is C19H20N2O. The molecular weight excluding hydrogens is 272 g/mol. The Morgan fingerprint density at radius 1 is 1.00 bits per heavy atom. The highest BCUT2D eigenvalue weighted by Crippen LogP contribution is 2.49. The first kappa shape index (κ1) is 14.8. The standard InChI is InChI=1S/C19H20N2O/c20-15-19(11-18(19)14-22)21(12-16-7-3-1-4-8-16)13-17-9-5-2-6-10-17/h1-10,18,22H,11-14H2/t18-,19+/m1/s1. The maximum atomic E-state index is 9.68. The predicted molar refractivity (Wildman–Crippen MR) is 85.7 cm³/mol. The Labute approximate surface area is 131 Å². The van der Waals surface area contributed by atoms with Crippen molar-refractivity contribution < 1.29 is 5.11 Å². The molecule has 3 nitrogen and oxygen atoms in total. The van der Waals surface area contributed by atoms with Gasteiger partial charge in [-0.15, -0.1) is 0 Å². The van der Waals surface area contributed by atoms with E-state index in [-0.39, 0.29) is 12.5 Å². The Balaban J connectivity index is 1.84. The normalized spacial score (nSPS) is 23.2. The van der Waals surface area contributed by atoms with Crippen LogP contribution >= 0.6 is 0 Å². The number of nitriles is 1. The zero-order valence-corrected chi connectivity index (χ0v) is 12.5. The zero-order chi connectivity index (χ0) is 15.4. The topological polar surface area (TPSA) is 47.3 Å². The molecule has 0 aliphatic heterocycles. The largest absolute Gasteiger partial charge is 0.396 e. The summed E-state index contributed by atoms with van der Waals surface area (Å²) < 4.78 is 0. The summed E-state index contributed by atoms with van der Waals surface area (Å²) >= 11 is 0. The molecule has 3 rings (SSSR count). The summed E-state index contributed by atoms with van der Waals surface area (Å²) in [4.78, 5) is 2.21. The van der Waals surface area contributed by atoms with Crippen molar-refractivity contribution in [1.29, 1.82) is 5.26 Å². The second kappa shape index (κ2) is 6.31. The Kier molecular flexibility index (Phi) is 4.24. The quantitative estimate of drug-likeness (QED) is 0.890. The highest BCUT2D eigenvalue weighted by atomic mass is 16.3. The maximum Gasteiger partial charge on any atom is 0.115 e. The summed E-state index contributed by atoms with van der Waals surface area (Å²) in [5.74, 6) is 0.0601. The van der Waals surface area contributed by atoms with Crippen LogP contribution in [-0.2, 0) is 13.1 Å². The minimum atomic E-state index is -0.527. The van der Waals surface area contributed by atoms with E-state index in [1.807, 2.05) is 36.4 Å². The van der Waals surface area contributed by atoms with Crippen LogP contribution in [0.4, 0.5) is 0 Å². The molecule has 2 aromatic rings. The first-order chi connectivity index (χ1) is 10.8. The van der Waals surface area contributed by atoms with Gasteiger partial charge in [0, 0.05) is 25.6 Å². The Bertz CT molecular complexity index is 609. The monoisotopic (exact) mass is 292 g/mol. The highest BCUT2D eigenvalue weighted by molar-refractivity contribution is 5.28. The summed E-state index contributed by atoms with van der Waals surface area (Å²) in [6.07, 6.45) is 0.750. The molecule has 0 unspecified atom stereocenters. The van der Waals surface area contributed by atoms with Gasteiger partial charge in [-0.2, -0.15) is 5.26 Å². The lowest BCUT2D eigenvalue weighted by Gasteiger charge is -2.28. The van der Waals surface area contributed by atoms with Crippen LogP contribution in [0.3, 0.4) is 0 Å². The van der Waals surface area contributed by atoms with E-state index in [1.165, 1.54) is 11.1 Å². The van der Waals surface area contributed by atoms with E-state index in [1.54, 1.807) is 0 Å². The fourth-order valence-electron chi connectivity index (χ4n) is 3.07. The number of benzene rings is 2. The first-order valence-electron chi connectivity index (χ1n) is 7.63. The summed E-state index contributed by atoms with van der Waals surface area (Å²) in [6.45, 7) is 1.52. The molecule has 0 saturated heterocycles. The maximum absolute atomic E-state index is 9.68. The summed E-state index contributed by atoms with van der Waals surface area (Å²) in [5.41, 5.74) is 1.86. The highest BCUT2D eigenvalue weighted by Gasteiger charge is 2.58. The van der Waals surface area contributed by atoms with Gasteiger partial charge in [-0.3, -0.25) is 4.90 Å². The van der Waals surface area contributed by atoms with Gasteiger partial charge in [-0.05, 0) is 17.5 Å². The van der Waals surface area contributed by atoms with Gasteiger partial charge in [0.15, 0.2) is 0 Å². The molecule has 112 valence electrons. The number of aliphatic hydroxyl groups excluding tert-OH is 1. The van der Waals surface area contributed by atoms with Gasteiger partial charge < -0.3 is 5.11 Å². The summed E-state index contributed by atoms with van der Waals surface area (Å²) in [6, 6.07) is 22.9. The van der Waals surface area contributed by atoms with Gasteiger partial charge in [-0.1, -0.05) is 60.7 Å². The summed E-state index contributed by atoms with van der Waals surface area (Å²) in [7, 11) is 0. The second-order valence-corrected chi connectivity index (χ2v) is 5.95. The lowest BCUT2D eigenvalue weighted by molar-refractivity contribution is 0.163. The van der Waals surface area contributed by atoms with E-state index in [4.69, 9.17) is 0 Å². The molecule has 1 saturated carbocycles. The fraction of sp³-hybridized carbons (Fsp3) is 0.316. The minimum Gasteiger partial charge on any atom is -0.396 e. The zero-order valence-electron chi connectivity index (χ0n) is 12.5. The van der Waals surface area contributed by atoms with Gasteiger partial charge in [0.05, 0.1) is 6.07 Å². The average Bonchev–Trinajstić information content (AvgIpc) is 3.31. The number of hydrogen-bond acceptors (Lipinski definition) is 3. The van der Waals surface area contributed by atoms with Gasteiger partial charge >= 0.3 is 0 Å². The Hall–Kier alpha value is -2.15. The van der Waals surface area contributed by atoms with Gasteiger partial charge in [0.25, 0.3) is 0 Å². The molecule has 1 aliphatic carbocycles. The van der Waals surface area contributed by atoms with Crippen LogP contribution < -0.4 is 0 Å². The molecule has 22 heavy (non-hydrogen) atoms. The van der Waals surface area contributed by atoms with Crippen molar-refractivity contribution in [3.8, 4) is 6.07 Å². The van der Waals surface area contributed by atoms with Gasteiger partial charge in [0.1, 0.15) is 5.54 Å². The molecule has 1 N–H and O–H groups in total. The van der Waals surface area contributed by atoms with Crippen LogP contribution in [0.2, 0.25) is 0 Å². The third kappa shape index (κ3) is 2.89. The van der Waals surface area contributed by atoms with Crippen LogP contribution in [0.25, 0.3) is 0 Å². The van der Waals surface area contributed by atoms with Crippen LogP contribution in [0.5, 0.6) is 0 Å². The lowest BCUT2D eigenvalue weighted by atomic mass is 10.1. The average molecular weight is 292 g/mol. The van der Waals surface area contributed by atoms with E-state index in [2.05, 4.69) is 35.2 Å². The van der Waals surface area contributed by atoms with Gasteiger partial charge in [0.2, 0.25) is 0 Å². The van der Waals surface area contributed by atoms with Crippen molar-refractivity contribution in [3.63, 3.8) is 0 Å². The number of aliphatic hydroxyl groups is 1. The fourth-order valence-corrected chi connectivity index (χ4v) is 3.07. The molecule has 0 amide bonds. The molecule has 0 radical (unpaired) electrons. The van der Waals surface area contributed by atoms with Crippen molar-refractivity contribution >= 4 is 0 Å². The molecule has 3 heteroatoms. The third-order valence-electron chi connectivity index (χ3n) is 4.48. The smallest absolute Gasteiger partial charge is 0.115 e.